The summed E-state index contributed by atoms with van der Waals surface area (Å²) in [4.78, 5) is 17.4. The monoisotopic (exact) mass is 248 g/mol. The van der Waals surface area contributed by atoms with Crippen LogP contribution in [-0.2, 0) is 0 Å². The van der Waals surface area contributed by atoms with E-state index in [1.807, 2.05) is 6.92 Å². The highest BCUT2D eigenvalue weighted by Crippen LogP contribution is 2.32. The summed E-state index contributed by atoms with van der Waals surface area (Å²) in [7, 11) is 0. The van der Waals surface area contributed by atoms with Crippen molar-refractivity contribution < 1.29 is 14.6 Å². The second-order valence-electron chi connectivity index (χ2n) is 3.37. The zero-order valence-corrected chi connectivity index (χ0v) is 9.71. The van der Waals surface area contributed by atoms with Gasteiger partial charge in [-0.15, -0.1) is 0 Å². The molecule has 2 N–H and O–H groups in total. The Bertz CT molecular complexity index is 595. The fourth-order valence-electron chi connectivity index (χ4n) is 1.39. The van der Waals surface area contributed by atoms with Crippen LogP contribution in [0.4, 0.5) is 0 Å². The van der Waals surface area contributed by atoms with Gasteiger partial charge in [0, 0.05) is 0 Å². The summed E-state index contributed by atoms with van der Waals surface area (Å²) in [6.07, 6.45) is 1.10. The van der Waals surface area contributed by atoms with Gasteiger partial charge < -0.3 is 19.6 Å². The van der Waals surface area contributed by atoms with Crippen molar-refractivity contribution in [1.82, 2.24) is 9.97 Å². The summed E-state index contributed by atoms with van der Waals surface area (Å²) in [5, 5.41) is 9.48. The molecule has 0 aliphatic rings. The number of benzene rings is 1. The molecule has 0 saturated carbocycles. The average Bonchev–Trinajstić information content (AvgIpc) is 2.36. The van der Waals surface area contributed by atoms with Crippen molar-refractivity contribution in [3.8, 4) is 23.1 Å². The number of aromatic nitrogens is 2. The number of hydrogen-bond acceptors (Lipinski definition) is 5. The van der Waals surface area contributed by atoms with Crippen LogP contribution in [0.2, 0.25) is 0 Å². The Balaban J connectivity index is 2.37. The second-order valence-corrected chi connectivity index (χ2v) is 3.37. The first kappa shape index (κ1) is 12.0. The van der Waals surface area contributed by atoms with Gasteiger partial charge >= 0.3 is 0 Å². The van der Waals surface area contributed by atoms with E-state index in [4.69, 9.17) is 9.47 Å². The van der Waals surface area contributed by atoms with E-state index in [0.717, 1.165) is 6.33 Å². The van der Waals surface area contributed by atoms with E-state index < -0.39 is 11.4 Å². The lowest BCUT2D eigenvalue weighted by molar-refractivity contribution is 0.316. The molecule has 0 unspecified atom stereocenters. The highest BCUT2D eigenvalue weighted by molar-refractivity contribution is 5.43. The van der Waals surface area contributed by atoms with Crippen molar-refractivity contribution in [2.45, 2.75) is 6.92 Å². The van der Waals surface area contributed by atoms with Crippen molar-refractivity contribution in [2.24, 2.45) is 0 Å². The number of rotatable bonds is 4. The Hall–Kier alpha value is -2.50. The van der Waals surface area contributed by atoms with E-state index in [1.165, 1.54) is 0 Å². The molecule has 1 aromatic carbocycles. The van der Waals surface area contributed by atoms with E-state index >= 15 is 0 Å². The predicted molar refractivity (Wildman–Crippen MR) is 64.2 cm³/mol. The molecule has 0 atom stereocenters. The highest BCUT2D eigenvalue weighted by Gasteiger charge is 2.12. The maximum atomic E-state index is 11.5. The molecule has 0 spiro atoms. The van der Waals surface area contributed by atoms with E-state index in [1.54, 1.807) is 24.3 Å². The van der Waals surface area contributed by atoms with Gasteiger partial charge in [-0.2, -0.15) is 0 Å². The van der Waals surface area contributed by atoms with Crippen molar-refractivity contribution in [3.63, 3.8) is 0 Å². The molecule has 0 amide bonds. The highest BCUT2D eigenvalue weighted by atomic mass is 16.5. The van der Waals surface area contributed by atoms with E-state index in [-0.39, 0.29) is 5.75 Å². The molecule has 1 aromatic heterocycles. The largest absolute Gasteiger partial charge is 0.490 e. The summed E-state index contributed by atoms with van der Waals surface area (Å²) in [5.41, 5.74) is -0.561. The van der Waals surface area contributed by atoms with Crippen LogP contribution in [0.5, 0.6) is 23.1 Å². The topological polar surface area (TPSA) is 84.4 Å². The van der Waals surface area contributed by atoms with E-state index in [2.05, 4.69) is 9.97 Å². The molecule has 2 aromatic rings. The molecule has 94 valence electrons. The van der Waals surface area contributed by atoms with E-state index in [9.17, 15) is 9.90 Å². The van der Waals surface area contributed by atoms with Crippen molar-refractivity contribution in [1.29, 1.82) is 0 Å². The third kappa shape index (κ3) is 2.42. The molecule has 6 nitrogen and oxygen atoms in total. The number of para-hydroxylation sites is 2. The minimum absolute atomic E-state index is 0.260. The molecular formula is C12H12N2O4. The molecule has 0 bridgehead atoms. The first-order valence-electron chi connectivity index (χ1n) is 5.38. The standard InChI is InChI=1S/C12H12N2O4/c1-2-17-8-5-3-4-6-9(8)18-10-11(15)13-7-14-12(10)16/h3-7H,2H2,1H3,(H2,13,14,15,16). The summed E-state index contributed by atoms with van der Waals surface area (Å²) in [6, 6.07) is 6.86. The smallest absolute Gasteiger partial charge is 0.297 e. The van der Waals surface area contributed by atoms with Crippen LogP contribution >= 0.6 is 0 Å². The third-order valence-corrected chi connectivity index (χ3v) is 2.15. The Morgan fingerprint density at radius 2 is 2.06 bits per heavy atom. The lowest BCUT2D eigenvalue weighted by atomic mass is 10.3. The Kier molecular flexibility index (Phi) is 3.47. The summed E-state index contributed by atoms with van der Waals surface area (Å²) < 4.78 is 10.7. The Labute approximate surface area is 103 Å². The third-order valence-electron chi connectivity index (χ3n) is 2.15. The molecular weight excluding hydrogens is 236 g/mol. The lowest BCUT2D eigenvalue weighted by Crippen LogP contribution is -2.09. The molecule has 0 aliphatic carbocycles. The zero-order chi connectivity index (χ0) is 13.0. The van der Waals surface area contributed by atoms with Crippen molar-refractivity contribution >= 4 is 0 Å². The van der Waals surface area contributed by atoms with Gasteiger partial charge in [-0.05, 0) is 19.1 Å². The lowest BCUT2D eigenvalue weighted by Gasteiger charge is -2.10. The van der Waals surface area contributed by atoms with E-state index in [0.29, 0.717) is 18.1 Å². The first-order chi connectivity index (χ1) is 8.72. The van der Waals surface area contributed by atoms with Gasteiger partial charge in [0.25, 0.3) is 17.2 Å². The molecule has 1 heterocycles. The average molecular weight is 248 g/mol. The number of hydrogen-bond donors (Lipinski definition) is 2. The van der Waals surface area contributed by atoms with Crippen molar-refractivity contribution in [3.05, 3.63) is 40.9 Å². The Morgan fingerprint density at radius 1 is 1.33 bits per heavy atom. The van der Waals surface area contributed by atoms with Gasteiger partial charge in [-0.3, -0.25) is 4.79 Å². The van der Waals surface area contributed by atoms with Crippen LogP contribution in [0.15, 0.2) is 35.4 Å². The van der Waals surface area contributed by atoms with Gasteiger partial charge in [0.05, 0.1) is 12.9 Å². The first-order valence-corrected chi connectivity index (χ1v) is 5.38. The van der Waals surface area contributed by atoms with Gasteiger partial charge in [-0.1, -0.05) is 12.1 Å². The fraction of sp³-hybridized carbons (Fsp3) is 0.167. The van der Waals surface area contributed by atoms with Crippen LogP contribution in [0.1, 0.15) is 6.92 Å². The predicted octanol–water partition coefficient (Wildman–Crippen LogP) is 1.67. The number of H-pyrrole nitrogens is 1. The van der Waals surface area contributed by atoms with Crippen LogP contribution in [0.3, 0.4) is 0 Å². The maximum absolute atomic E-state index is 11.5. The maximum Gasteiger partial charge on any atom is 0.297 e. The quantitative estimate of drug-likeness (QED) is 0.859. The second kappa shape index (κ2) is 5.22. The SMILES string of the molecule is CCOc1ccccc1Oc1c(O)nc[nH]c1=O. The normalized spacial score (nSPS) is 10.1. The summed E-state index contributed by atoms with van der Waals surface area (Å²) in [6.45, 7) is 2.31. The van der Waals surface area contributed by atoms with Crippen molar-refractivity contribution in [2.75, 3.05) is 6.61 Å². The molecule has 6 heteroatoms. The molecule has 2 rings (SSSR count). The molecule has 0 aliphatic heterocycles. The van der Waals surface area contributed by atoms with Crippen LogP contribution in [-0.4, -0.2) is 21.7 Å². The van der Waals surface area contributed by atoms with Crippen LogP contribution < -0.4 is 15.0 Å². The summed E-state index contributed by atoms with van der Waals surface area (Å²) in [5.74, 6) is 0.102. The molecule has 0 saturated heterocycles. The van der Waals surface area contributed by atoms with Gasteiger partial charge in [0.2, 0.25) is 0 Å². The van der Waals surface area contributed by atoms with Crippen LogP contribution in [0.25, 0.3) is 0 Å². The van der Waals surface area contributed by atoms with Gasteiger partial charge in [0.15, 0.2) is 11.5 Å². The Morgan fingerprint density at radius 3 is 2.72 bits per heavy atom. The molecule has 0 radical (unpaired) electrons. The number of ether oxygens (including phenoxy) is 2. The summed E-state index contributed by atoms with van der Waals surface area (Å²) >= 11 is 0. The number of aromatic amines is 1. The van der Waals surface area contributed by atoms with Gasteiger partial charge in [0.1, 0.15) is 0 Å². The molecule has 0 fully saturated rings. The number of aromatic hydroxyl groups is 1. The minimum atomic E-state index is -0.561. The number of nitrogens with one attached hydrogen (secondary N) is 1. The zero-order valence-electron chi connectivity index (χ0n) is 9.71. The van der Waals surface area contributed by atoms with Gasteiger partial charge in [-0.25, -0.2) is 4.98 Å². The number of nitrogens with zero attached hydrogens (tertiary/aromatic N) is 1. The van der Waals surface area contributed by atoms with Crippen LogP contribution in [0, 0.1) is 0 Å². The molecule has 18 heavy (non-hydrogen) atoms. The minimum Gasteiger partial charge on any atom is -0.490 e. The fourth-order valence-corrected chi connectivity index (χ4v) is 1.39.